The first-order chi connectivity index (χ1) is 16.0. The highest BCUT2D eigenvalue weighted by Gasteiger charge is 2.21. The number of aromatic amines is 1. The SMILES string of the molecule is CCN(Cc1nc2cc(Cl)ccc2c(=O)[nH]1)C(=O)c1cn(-c2ccc3c(c2)OCCO3)nn1. The molecule has 1 amide bonds. The van der Waals surface area contributed by atoms with Crippen molar-refractivity contribution in [3.05, 3.63) is 69.5 Å². The first kappa shape index (κ1) is 21.0. The summed E-state index contributed by atoms with van der Waals surface area (Å²) in [5.74, 6) is 1.29. The zero-order chi connectivity index (χ0) is 22.9. The average molecular weight is 467 g/mol. The Kier molecular flexibility index (Phi) is 5.43. The van der Waals surface area contributed by atoms with E-state index in [0.717, 1.165) is 0 Å². The molecular formula is C22H19ClN6O4. The summed E-state index contributed by atoms with van der Waals surface area (Å²) in [7, 11) is 0. The lowest BCUT2D eigenvalue weighted by molar-refractivity contribution is 0.0742. The molecule has 0 unspecified atom stereocenters. The fraction of sp³-hybridized carbons (Fsp3) is 0.227. The van der Waals surface area contributed by atoms with E-state index in [1.54, 1.807) is 36.5 Å². The monoisotopic (exact) mass is 466 g/mol. The van der Waals surface area contributed by atoms with Crippen molar-refractivity contribution in [1.29, 1.82) is 0 Å². The minimum absolute atomic E-state index is 0.101. The van der Waals surface area contributed by atoms with E-state index in [4.69, 9.17) is 21.1 Å². The second-order valence-electron chi connectivity index (χ2n) is 7.37. The van der Waals surface area contributed by atoms with Gasteiger partial charge in [0, 0.05) is 17.6 Å². The number of benzene rings is 2. The fourth-order valence-electron chi connectivity index (χ4n) is 3.57. The highest BCUT2D eigenvalue weighted by Crippen LogP contribution is 2.31. The number of carbonyl (C=O) groups is 1. The van der Waals surface area contributed by atoms with E-state index >= 15 is 0 Å². The predicted octanol–water partition coefficient (Wildman–Crippen LogP) is 2.59. The number of rotatable bonds is 5. The maximum absolute atomic E-state index is 13.1. The van der Waals surface area contributed by atoms with Gasteiger partial charge in [-0.05, 0) is 37.3 Å². The number of aromatic nitrogens is 5. The van der Waals surface area contributed by atoms with Gasteiger partial charge in [-0.25, -0.2) is 9.67 Å². The lowest BCUT2D eigenvalue weighted by Crippen LogP contribution is -2.32. The van der Waals surface area contributed by atoms with Crippen molar-refractivity contribution in [2.45, 2.75) is 13.5 Å². The van der Waals surface area contributed by atoms with Crippen LogP contribution in [0.1, 0.15) is 23.2 Å². The standard InChI is InChI=1S/C22H19ClN6O4/c1-2-28(12-20-24-16-9-13(23)3-5-15(16)21(30)25-20)22(31)17-11-29(27-26-17)14-4-6-18-19(10-14)33-8-7-32-18/h3-6,9-11H,2,7-8,12H2,1H3,(H,24,25,30). The minimum atomic E-state index is -0.338. The Bertz CT molecular complexity index is 1420. The molecule has 1 aliphatic heterocycles. The van der Waals surface area contributed by atoms with Crippen molar-refractivity contribution in [3.63, 3.8) is 0 Å². The third kappa shape index (κ3) is 4.12. The Labute approximate surface area is 192 Å². The van der Waals surface area contributed by atoms with E-state index in [9.17, 15) is 9.59 Å². The number of hydrogen-bond donors (Lipinski definition) is 1. The molecular weight excluding hydrogens is 448 g/mol. The molecule has 0 spiro atoms. The Balaban J connectivity index is 1.38. The van der Waals surface area contributed by atoms with Gasteiger partial charge < -0.3 is 19.4 Å². The van der Waals surface area contributed by atoms with Gasteiger partial charge in [0.25, 0.3) is 11.5 Å². The van der Waals surface area contributed by atoms with Gasteiger partial charge in [0.1, 0.15) is 19.0 Å². The van der Waals surface area contributed by atoms with Crippen LogP contribution in [0.25, 0.3) is 16.6 Å². The number of ether oxygens (including phenoxy) is 2. The molecule has 0 atom stereocenters. The molecule has 4 aromatic rings. The summed E-state index contributed by atoms with van der Waals surface area (Å²) in [4.78, 5) is 34.2. The van der Waals surface area contributed by atoms with E-state index in [2.05, 4.69) is 20.3 Å². The van der Waals surface area contributed by atoms with E-state index in [0.29, 0.717) is 58.7 Å². The number of hydrogen-bond acceptors (Lipinski definition) is 7. The zero-order valence-corrected chi connectivity index (χ0v) is 18.4. The van der Waals surface area contributed by atoms with E-state index < -0.39 is 0 Å². The average Bonchev–Trinajstić information content (AvgIpc) is 3.32. The van der Waals surface area contributed by atoms with Crippen LogP contribution in [-0.2, 0) is 6.54 Å². The lowest BCUT2D eigenvalue weighted by atomic mass is 10.2. The first-order valence-electron chi connectivity index (χ1n) is 10.3. The summed E-state index contributed by atoms with van der Waals surface area (Å²) in [6.07, 6.45) is 1.55. The third-order valence-corrected chi connectivity index (χ3v) is 5.47. The molecule has 2 aromatic heterocycles. The molecule has 11 heteroatoms. The van der Waals surface area contributed by atoms with Crippen LogP contribution in [-0.4, -0.2) is 55.5 Å². The number of carbonyl (C=O) groups excluding carboxylic acids is 1. The summed E-state index contributed by atoms with van der Waals surface area (Å²) in [5.41, 5.74) is 1.03. The lowest BCUT2D eigenvalue weighted by Gasteiger charge is -2.19. The quantitative estimate of drug-likeness (QED) is 0.480. The molecule has 33 heavy (non-hydrogen) atoms. The minimum Gasteiger partial charge on any atom is -0.486 e. The molecule has 2 aromatic carbocycles. The molecule has 0 saturated carbocycles. The van der Waals surface area contributed by atoms with E-state index in [-0.39, 0.29) is 23.7 Å². The highest BCUT2D eigenvalue weighted by molar-refractivity contribution is 6.31. The van der Waals surface area contributed by atoms with Gasteiger partial charge in [0.05, 0.1) is 29.3 Å². The van der Waals surface area contributed by atoms with Crippen LogP contribution in [0.15, 0.2) is 47.4 Å². The van der Waals surface area contributed by atoms with Crippen LogP contribution < -0.4 is 15.0 Å². The van der Waals surface area contributed by atoms with Crippen molar-refractivity contribution >= 4 is 28.4 Å². The number of H-pyrrole nitrogens is 1. The van der Waals surface area contributed by atoms with Crippen molar-refractivity contribution in [2.24, 2.45) is 0 Å². The molecule has 0 bridgehead atoms. The number of nitrogens with zero attached hydrogens (tertiary/aromatic N) is 5. The maximum atomic E-state index is 13.1. The van der Waals surface area contributed by atoms with Crippen molar-refractivity contribution in [1.82, 2.24) is 29.9 Å². The first-order valence-corrected chi connectivity index (χ1v) is 10.7. The van der Waals surface area contributed by atoms with Gasteiger partial charge in [-0.2, -0.15) is 0 Å². The number of fused-ring (bicyclic) bond motifs is 2. The zero-order valence-electron chi connectivity index (χ0n) is 17.6. The van der Waals surface area contributed by atoms with Crippen LogP contribution in [0.4, 0.5) is 0 Å². The van der Waals surface area contributed by atoms with Gasteiger partial charge >= 0.3 is 0 Å². The second-order valence-corrected chi connectivity index (χ2v) is 7.81. The molecule has 5 rings (SSSR count). The van der Waals surface area contributed by atoms with Gasteiger partial charge in [0.2, 0.25) is 0 Å². The van der Waals surface area contributed by atoms with Crippen molar-refractivity contribution in [2.75, 3.05) is 19.8 Å². The van der Waals surface area contributed by atoms with Crippen LogP contribution in [0.5, 0.6) is 11.5 Å². The molecule has 168 valence electrons. The summed E-state index contributed by atoms with van der Waals surface area (Å²) in [5, 5.41) is 9.02. The van der Waals surface area contributed by atoms with E-state index in [1.807, 2.05) is 13.0 Å². The second kappa shape index (κ2) is 8.55. The van der Waals surface area contributed by atoms with Gasteiger partial charge in [0.15, 0.2) is 17.2 Å². The molecule has 0 saturated heterocycles. The maximum Gasteiger partial charge on any atom is 0.276 e. The fourth-order valence-corrected chi connectivity index (χ4v) is 3.73. The Morgan fingerprint density at radius 3 is 2.82 bits per heavy atom. The third-order valence-electron chi connectivity index (χ3n) is 5.23. The number of halogens is 1. The van der Waals surface area contributed by atoms with Gasteiger partial charge in [-0.1, -0.05) is 16.8 Å². The number of nitrogens with one attached hydrogen (secondary N) is 1. The highest BCUT2D eigenvalue weighted by atomic mass is 35.5. The normalized spacial score (nSPS) is 12.7. The summed E-state index contributed by atoms with van der Waals surface area (Å²) in [6.45, 7) is 3.29. The molecule has 1 aliphatic rings. The van der Waals surface area contributed by atoms with Gasteiger partial charge in [-0.15, -0.1) is 5.10 Å². The summed E-state index contributed by atoms with van der Waals surface area (Å²) >= 11 is 6.03. The Morgan fingerprint density at radius 1 is 1.18 bits per heavy atom. The molecule has 3 heterocycles. The largest absolute Gasteiger partial charge is 0.486 e. The molecule has 0 aliphatic carbocycles. The predicted molar refractivity (Wildman–Crippen MR) is 120 cm³/mol. The van der Waals surface area contributed by atoms with Crippen molar-refractivity contribution in [3.8, 4) is 17.2 Å². The smallest absolute Gasteiger partial charge is 0.276 e. The topological polar surface area (TPSA) is 115 Å². The van der Waals surface area contributed by atoms with Crippen LogP contribution >= 0.6 is 11.6 Å². The Hall–Kier alpha value is -3.92. The van der Waals surface area contributed by atoms with Crippen molar-refractivity contribution < 1.29 is 14.3 Å². The van der Waals surface area contributed by atoms with Crippen LogP contribution in [0.2, 0.25) is 5.02 Å². The molecule has 0 radical (unpaired) electrons. The van der Waals surface area contributed by atoms with Crippen LogP contribution in [0, 0.1) is 0 Å². The summed E-state index contributed by atoms with van der Waals surface area (Å²) in [6, 6.07) is 10.2. The Morgan fingerprint density at radius 2 is 2.00 bits per heavy atom. The molecule has 10 nitrogen and oxygen atoms in total. The summed E-state index contributed by atoms with van der Waals surface area (Å²) < 4.78 is 12.6. The van der Waals surface area contributed by atoms with Crippen LogP contribution in [0.3, 0.4) is 0 Å². The number of amides is 1. The van der Waals surface area contributed by atoms with Gasteiger partial charge in [-0.3, -0.25) is 9.59 Å². The van der Waals surface area contributed by atoms with E-state index in [1.165, 1.54) is 9.58 Å². The molecule has 0 fully saturated rings. The molecule has 1 N–H and O–H groups in total.